The molecule has 6 nitrogen and oxygen atoms in total. The van der Waals surface area contributed by atoms with Crippen molar-refractivity contribution in [2.24, 2.45) is 4.99 Å². The molecule has 0 spiro atoms. The molecule has 0 unspecified atom stereocenters. The average Bonchev–Trinajstić information content (AvgIpc) is 2.96. The molecule has 0 N–H and O–H groups in total. The Labute approximate surface area is 188 Å². The number of esters is 1. The number of ether oxygens (including phenoxy) is 3. The maximum Gasteiger partial charge on any atom is 0.338 e. The van der Waals surface area contributed by atoms with Crippen molar-refractivity contribution in [3.63, 3.8) is 0 Å². The summed E-state index contributed by atoms with van der Waals surface area (Å²) in [6.07, 6.45) is 0. The summed E-state index contributed by atoms with van der Waals surface area (Å²) in [6, 6.07) is 20.7. The zero-order chi connectivity index (χ0) is 22.5. The highest BCUT2D eigenvalue weighted by Gasteiger charge is 2.21. The van der Waals surface area contributed by atoms with Crippen LogP contribution < -0.4 is 9.47 Å². The predicted molar refractivity (Wildman–Crippen MR) is 125 cm³/mol. The van der Waals surface area contributed by atoms with Gasteiger partial charge in [-0.1, -0.05) is 24.3 Å². The molecule has 1 heterocycles. The first-order valence-corrected chi connectivity index (χ1v) is 10.6. The molecule has 0 bridgehead atoms. The van der Waals surface area contributed by atoms with Crippen molar-refractivity contribution < 1.29 is 19.0 Å². The lowest BCUT2D eigenvalue weighted by atomic mass is 9.99. The fraction of sp³-hybridized carbons (Fsp3) is 0.231. The van der Waals surface area contributed by atoms with E-state index in [4.69, 9.17) is 19.2 Å². The molecule has 0 aliphatic carbocycles. The smallest absolute Gasteiger partial charge is 0.338 e. The van der Waals surface area contributed by atoms with Crippen molar-refractivity contribution in [3.05, 3.63) is 83.4 Å². The van der Waals surface area contributed by atoms with Crippen LogP contribution in [0.5, 0.6) is 17.2 Å². The van der Waals surface area contributed by atoms with Crippen molar-refractivity contribution in [2.75, 3.05) is 33.9 Å². The van der Waals surface area contributed by atoms with E-state index in [1.807, 2.05) is 68.7 Å². The van der Waals surface area contributed by atoms with Gasteiger partial charge in [-0.2, -0.15) is 0 Å². The van der Waals surface area contributed by atoms with Crippen LogP contribution in [0, 0.1) is 0 Å². The largest absolute Gasteiger partial charge is 0.492 e. The van der Waals surface area contributed by atoms with E-state index in [2.05, 4.69) is 4.90 Å². The minimum absolute atomic E-state index is 0.339. The van der Waals surface area contributed by atoms with Crippen LogP contribution in [-0.2, 0) is 4.74 Å². The van der Waals surface area contributed by atoms with Crippen LogP contribution in [0.15, 0.2) is 71.7 Å². The van der Waals surface area contributed by atoms with E-state index in [1.54, 1.807) is 19.1 Å². The summed E-state index contributed by atoms with van der Waals surface area (Å²) < 4.78 is 17.2. The van der Waals surface area contributed by atoms with Gasteiger partial charge in [-0.15, -0.1) is 0 Å². The first-order chi connectivity index (χ1) is 15.5. The van der Waals surface area contributed by atoms with Crippen LogP contribution in [0.4, 0.5) is 5.69 Å². The van der Waals surface area contributed by atoms with Gasteiger partial charge in [0.1, 0.15) is 23.8 Å². The van der Waals surface area contributed by atoms with E-state index >= 15 is 0 Å². The van der Waals surface area contributed by atoms with Crippen molar-refractivity contribution in [1.82, 2.24) is 4.90 Å². The second kappa shape index (κ2) is 9.66. The Morgan fingerprint density at radius 3 is 2.53 bits per heavy atom. The van der Waals surface area contributed by atoms with Gasteiger partial charge in [0.15, 0.2) is 5.75 Å². The highest BCUT2D eigenvalue weighted by Crippen LogP contribution is 2.39. The standard InChI is InChI=1S/C26H26N2O4/c1-4-30-26(29)19-11-9-18(10-12-19)25-21-17-20(31-16-15-28(2)3)13-14-23(21)32-24-8-6-5-7-22(24)27-25/h5-14,17H,4,15-16H2,1-3H3. The molecule has 1 aliphatic rings. The van der Waals surface area contributed by atoms with Crippen molar-refractivity contribution in [2.45, 2.75) is 6.92 Å². The van der Waals surface area contributed by atoms with E-state index < -0.39 is 0 Å². The molecule has 32 heavy (non-hydrogen) atoms. The number of aliphatic imine (C=N–C) groups is 1. The summed E-state index contributed by atoms with van der Waals surface area (Å²) in [5, 5.41) is 0. The lowest BCUT2D eigenvalue weighted by Gasteiger charge is -2.14. The first kappa shape index (κ1) is 21.6. The second-order valence-electron chi connectivity index (χ2n) is 7.64. The zero-order valence-corrected chi connectivity index (χ0v) is 18.5. The number of carbonyl (C=O) groups is 1. The van der Waals surface area contributed by atoms with Gasteiger partial charge in [0.25, 0.3) is 0 Å². The van der Waals surface area contributed by atoms with Crippen LogP contribution >= 0.6 is 0 Å². The molecular weight excluding hydrogens is 404 g/mol. The quantitative estimate of drug-likeness (QED) is 0.383. The zero-order valence-electron chi connectivity index (χ0n) is 18.5. The number of rotatable bonds is 7. The van der Waals surface area contributed by atoms with Crippen LogP contribution in [-0.4, -0.2) is 50.4 Å². The van der Waals surface area contributed by atoms with Gasteiger partial charge < -0.3 is 19.1 Å². The molecule has 3 aromatic rings. The Morgan fingerprint density at radius 1 is 1.00 bits per heavy atom. The van der Waals surface area contributed by atoms with Crippen LogP contribution in [0.25, 0.3) is 0 Å². The molecule has 6 heteroatoms. The normalized spacial score (nSPS) is 12.2. The Kier molecular flexibility index (Phi) is 6.52. The lowest BCUT2D eigenvalue weighted by molar-refractivity contribution is 0.0526. The number of para-hydroxylation sites is 2. The van der Waals surface area contributed by atoms with Gasteiger partial charge in [-0.3, -0.25) is 0 Å². The second-order valence-corrected chi connectivity index (χ2v) is 7.64. The van der Waals surface area contributed by atoms with Gasteiger partial charge in [-0.05, 0) is 63.5 Å². The van der Waals surface area contributed by atoms with Gasteiger partial charge in [0.2, 0.25) is 0 Å². The van der Waals surface area contributed by atoms with Gasteiger partial charge >= 0.3 is 5.97 Å². The molecule has 0 radical (unpaired) electrons. The average molecular weight is 431 g/mol. The van der Waals surface area contributed by atoms with E-state index in [0.717, 1.165) is 34.8 Å². The van der Waals surface area contributed by atoms with E-state index in [-0.39, 0.29) is 5.97 Å². The third-order valence-electron chi connectivity index (χ3n) is 5.00. The van der Waals surface area contributed by atoms with Crippen LogP contribution in [0.2, 0.25) is 0 Å². The number of fused-ring (bicyclic) bond motifs is 2. The topological polar surface area (TPSA) is 60.4 Å². The molecule has 3 aromatic carbocycles. The van der Waals surface area contributed by atoms with E-state index in [9.17, 15) is 4.79 Å². The maximum absolute atomic E-state index is 12.0. The fourth-order valence-corrected chi connectivity index (χ4v) is 3.35. The van der Waals surface area contributed by atoms with Gasteiger partial charge in [-0.25, -0.2) is 9.79 Å². The number of nitrogens with zero attached hydrogens (tertiary/aromatic N) is 2. The fourth-order valence-electron chi connectivity index (χ4n) is 3.35. The summed E-state index contributed by atoms with van der Waals surface area (Å²) in [5.74, 6) is 1.79. The van der Waals surface area contributed by atoms with Crippen molar-refractivity contribution >= 4 is 17.4 Å². The summed E-state index contributed by atoms with van der Waals surface area (Å²) in [5.41, 5.74) is 3.68. The predicted octanol–water partition coefficient (Wildman–Crippen LogP) is 5.08. The molecule has 0 saturated carbocycles. The minimum Gasteiger partial charge on any atom is -0.492 e. The van der Waals surface area contributed by atoms with E-state index in [1.165, 1.54) is 0 Å². The summed E-state index contributed by atoms with van der Waals surface area (Å²) in [4.78, 5) is 19.0. The Bertz CT molecular complexity index is 1140. The first-order valence-electron chi connectivity index (χ1n) is 10.6. The monoisotopic (exact) mass is 430 g/mol. The number of carbonyl (C=O) groups excluding carboxylic acids is 1. The minimum atomic E-state index is -0.340. The van der Waals surface area contributed by atoms with Crippen LogP contribution in [0.1, 0.15) is 28.4 Å². The molecule has 0 saturated heterocycles. The third-order valence-corrected chi connectivity index (χ3v) is 5.00. The summed E-state index contributed by atoms with van der Waals surface area (Å²) >= 11 is 0. The van der Waals surface area contributed by atoms with E-state index in [0.29, 0.717) is 30.3 Å². The Hall–Kier alpha value is -3.64. The maximum atomic E-state index is 12.0. The molecule has 0 atom stereocenters. The highest BCUT2D eigenvalue weighted by atomic mass is 16.5. The molecule has 0 amide bonds. The molecule has 1 aliphatic heterocycles. The molecule has 0 aromatic heterocycles. The SMILES string of the molecule is CCOC(=O)c1ccc(C2=Nc3ccccc3Oc3ccc(OCCN(C)C)cc32)cc1. The summed E-state index contributed by atoms with van der Waals surface area (Å²) in [6.45, 7) is 3.52. The third kappa shape index (κ3) is 4.81. The van der Waals surface area contributed by atoms with Crippen molar-refractivity contribution in [1.29, 1.82) is 0 Å². The van der Waals surface area contributed by atoms with Gasteiger partial charge in [0, 0.05) is 17.7 Å². The van der Waals surface area contributed by atoms with Gasteiger partial charge in [0.05, 0.1) is 17.9 Å². The number of likely N-dealkylation sites (N-methyl/N-ethyl adjacent to an activating group) is 1. The molecule has 4 rings (SSSR count). The number of hydrogen-bond donors (Lipinski definition) is 0. The molecule has 164 valence electrons. The Morgan fingerprint density at radius 2 is 1.78 bits per heavy atom. The number of hydrogen-bond acceptors (Lipinski definition) is 6. The van der Waals surface area contributed by atoms with Crippen LogP contribution in [0.3, 0.4) is 0 Å². The highest BCUT2D eigenvalue weighted by molar-refractivity contribution is 6.16. The Balaban J connectivity index is 1.74. The molecule has 0 fully saturated rings. The van der Waals surface area contributed by atoms with Crippen molar-refractivity contribution in [3.8, 4) is 17.2 Å². The number of benzene rings is 3. The molecular formula is C26H26N2O4. The summed E-state index contributed by atoms with van der Waals surface area (Å²) in [7, 11) is 4.02. The lowest BCUT2D eigenvalue weighted by Crippen LogP contribution is -2.19.